The zero-order valence-corrected chi connectivity index (χ0v) is 12.6. The fraction of sp³-hybridized carbons (Fsp3) is 0.375. The first kappa shape index (κ1) is 16.9. The zero-order chi connectivity index (χ0) is 15.8. The van der Waals surface area contributed by atoms with Crippen molar-refractivity contribution in [2.45, 2.75) is 26.3 Å². The van der Waals surface area contributed by atoms with Crippen LogP contribution in [0, 0.1) is 6.92 Å². The van der Waals surface area contributed by atoms with Gasteiger partial charge in [0.25, 0.3) is 5.91 Å². The lowest BCUT2D eigenvalue weighted by molar-refractivity contribution is -0.131. The third kappa shape index (κ3) is 6.23. The highest BCUT2D eigenvalue weighted by atomic mass is 16.5. The van der Waals surface area contributed by atoms with Gasteiger partial charge in [0.2, 0.25) is 0 Å². The van der Waals surface area contributed by atoms with E-state index in [1.807, 2.05) is 19.9 Å². The van der Waals surface area contributed by atoms with Crippen LogP contribution < -0.4 is 5.32 Å². The van der Waals surface area contributed by atoms with Crippen LogP contribution >= 0.6 is 0 Å². The Bertz CT molecular complexity index is 537. The summed E-state index contributed by atoms with van der Waals surface area (Å²) in [4.78, 5) is 22.7. The Morgan fingerprint density at radius 3 is 2.71 bits per heavy atom. The largest absolute Gasteiger partial charge is 0.478 e. The highest BCUT2D eigenvalue weighted by molar-refractivity contribution is 5.95. The van der Waals surface area contributed by atoms with E-state index in [0.717, 1.165) is 18.1 Å². The molecule has 0 aromatic heterocycles. The van der Waals surface area contributed by atoms with E-state index < -0.39 is 5.97 Å². The number of hydrogen-bond acceptors (Lipinski definition) is 3. The molecular formula is C16H21NO4. The molecule has 1 amide bonds. The number of ether oxygens (including phenoxy) is 1. The summed E-state index contributed by atoms with van der Waals surface area (Å²) >= 11 is 0. The summed E-state index contributed by atoms with van der Waals surface area (Å²) in [6, 6.07) is 5.28. The van der Waals surface area contributed by atoms with Crippen molar-refractivity contribution in [2.75, 3.05) is 13.7 Å². The second-order valence-corrected chi connectivity index (χ2v) is 4.96. The Morgan fingerprint density at radius 1 is 1.38 bits per heavy atom. The molecule has 0 bridgehead atoms. The molecule has 0 aliphatic carbocycles. The molecule has 0 aliphatic heterocycles. The van der Waals surface area contributed by atoms with Gasteiger partial charge in [0.05, 0.1) is 0 Å². The molecule has 0 aliphatic rings. The van der Waals surface area contributed by atoms with Crippen molar-refractivity contribution in [3.63, 3.8) is 0 Å². The Morgan fingerprint density at radius 2 is 2.10 bits per heavy atom. The quantitative estimate of drug-likeness (QED) is 0.755. The van der Waals surface area contributed by atoms with Gasteiger partial charge in [-0.3, -0.25) is 4.79 Å². The van der Waals surface area contributed by atoms with Crippen LogP contribution in [0.2, 0.25) is 0 Å². The lowest BCUT2D eigenvalue weighted by atomic mass is 10.0. The third-order valence-electron chi connectivity index (χ3n) is 2.91. The van der Waals surface area contributed by atoms with Gasteiger partial charge in [0, 0.05) is 31.4 Å². The molecular weight excluding hydrogens is 270 g/mol. The number of rotatable bonds is 7. The highest BCUT2D eigenvalue weighted by Crippen LogP contribution is 2.12. The number of carboxylic acids is 1. The maximum absolute atomic E-state index is 12.2. The van der Waals surface area contributed by atoms with Crippen molar-refractivity contribution >= 4 is 18.0 Å². The van der Waals surface area contributed by atoms with Gasteiger partial charge in [-0.2, -0.15) is 0 Å². The average molecular weight is 291 g/mol. The summed E-state index contributed by atoms with van der Waals surface area (Å²) < 4.78 is 4.98. The van der Waals surface area contributed by atoms with E-state index in [9.17, 15) is 9.59 Å². The lowest BCUT2D eigenvalue weighted by Gasteiger charge is -2.14. The third-order valence-corrected chi connectivity index (χ3v) is 2.91. The van der Waals surface area contributed by atoms with Gasteiger partial charge in [-0.1, -0.05) is 6.07 Å². The molecule has 0 spiro atoms. The number of hydrogen-bond donors (Lipinski definition) is 2. The normalized spacial score (nSPS) is 12.3. The summed E-state index contributed by atoms with van der Waals surface area (Å²) in [5.41, 5.74) is 2.11. The van der Waals surface area contributed by atoms with E-state index in [1.54, 1.807) is 19.2 Å². The minimum absolute atomic E-state index is 0.0102. The van der Waals surface area contributed by atoms with Crippen LogP contribution in [0.4, 0.5) is 0 Å². The van der Waals surface area contributed by atoms with E-state index in [2.05, 4.69) is 5.32 Å². The van der Waals surface area contributed by atoms with Crippen LogP contribution in [-0.4, -0.2) is 36.7 Å². The summed E-state index contributed by atoms with van der Waals surface area (Å²) in [5.74, 6) is -1.19. The number of benzene rings is 1. The van der Waals surface area contributed by atoms with Gasteiger partial charge in [0.15, 0.2) is 0 Å². The molecule has 1 aromatic carbocycles. The minimum Gasteiger partial charge on any atom is -0.478 e. The first-order chi connectivity index (χ1) is 9.92. The van der Waals surface area contributed by atoms with E-state index in [0.29, 0.717) is 17.7 Å². The van der Waals surface area contributed by atoms with Crippen molar-refractivity contribution in [2.24, 2.45) is 0 Å². The number of aliphatic carboxylic acids is 1. The second-order valence-electron chi connectivity index (χ2n) is 4.96. The van der Waals surface area contributed by atoms with E-state index >= 15 is 0 Å². The predicted molar refractivity (Wildman–Crippen MR) is 81.3 cm³/mol. The number of amides is 1. The molecule has 1 unspecified atom stereocenters. The van der Waals surface area contributed by atoms with E-state index in [-0.39, 0.29) is 11.9 Å². The number of carboxylic acid groups (broad SMARTS) is 1. The molecule has 1 rings (SSSR count). The second kappa shape index (κ2) is 8.21. The number of carbonyl (C=O) groups excluding carboxylic acids is 1. The number of nitrogens with one attached hydrogen (secondary N) is 1. The van der Waals surface area contributed by atoms with Gasteiger partial charge < -0.3 is 15.2 Å². The van der Waals surface area contributed by atoms with Gasteiger partial charge >= 0.3 is 5.97 Å². The summed E-state index contributed by atoms with van der Waals surface area (Å²) in [6.45, 7) is 4.36. The SMILES string of the molecule is COCCC(C)NC(=O)c1cc(C)cc(/C=C/C(=O)O)c1. The molecule has 0 saturated carbocycles. The molecule has 0 fully saturated rings. The van der Waals surface area contributed by atoms with Crippen molar-refractivity contribution in [3.05, 3.63) is 41.0 Å². The van der Waals surface area contributed by atoms with Crippen molar-refractivity contribution in [1.82, 2.24) is 5.32 Å². The summed E-state index contributed by atoms with van der Waals surface area (Å²) in [7, 11) is 1.62. The van der Waals surface area contributed by atoms with Crippen LogP contribution in [-0.2, 0) is 9.53 Å². The summed E-state index contributed by atoms with van der Waals surface area (Å²) in [5, 5.41) is 11.5. The smallest absolute Gasteiger partial charge is 0.328 e. The molecule has 1 atom stereocenters. The van der Waals surface area contributed by atoms with Gasteiger partial charge in [-0.25, -0.2) is 4.79 Å². The van der Waals surface area contributed by atoms with Crippen molar-refractivity contribution in [3.8, 4) is 0 Å². The Hall–Kier alpha value is -2.14. The monoisotopic (exact) mass is 291 g/mol. The number of carbonyl (C=O) groups is 2. The molecule has 2 N–H and O–H groups in total. The van der Waals surface area contributed by atoms with Crippen LogP contribution in [0.3, 0.4) is 0 Å². The zero-order valence-electron chi connectivity index (χ0n) is 12.6. The van der Waals surface area contributed by atoms with Crippen LogP contribution in [0.5, 0.6) is 0 Å². The number of methoxy groups -OCH3 is 1. The molecule has 0 heterocycles. The lowest BCUT2D eigenvalue weighted by Crippen LogP contribution is -2.33. The Kier molecular flexibility index (Phi) is 6.62. The number of aryl methyl sites for hydroxylation is 1. The molecule has 5 heteroatoms. The van der Waals surface area contributed by atoms with Crippen molar-refractivity contribution in [1.29, 1.82) is 0 Å². The average Bonchev–Trinajstić information content (AvgIpc) is 2.42. The fourth-order valence-corrected chi connectivity index (χ4v) is 1.88. The molecule has 5 nitrogen and oxygen atoms in total. The van der Waals surface area contributed by atoms with Crippen LogP contribution in [0.25, 0.3) is 6.08 Å². The topological polar surface area (TPSA) is 75.6 Å². The van der Waals surface area contributed by atoms with E-state index in [1.165, 1.54) is 6.08 Å². The van der Waals surface area contributed by atoms with Crippen molar-refractivity contribution < 1.29 is 19.4 Å². The maximum atomic E-state index is 12.2. The van der Waals surface area contributed by atoms with Crippen LogP contribution in [0.15, 0.2) is 24.3 Å². The molecule has 114 valence electrons. The first-order valence-corrected chi connectivity index (χ1v) is 6.75. The summed E-state index contributed by atoms with van der Waals surface area (Å²) in [6.07, 6.45) is 3.26. The van der Waals surface area contributed by atoms with Crippen LogP contribution in [0.1, 0.15) is 34.8 Å². The fourth-order valence-electron chi connectivity index (χ4n) is 1.88. The minimum atomic E-state index is -1.02. The predicted octanol–water partition coefficient (Wildman–Crippen LogP) is 2.25. The molecule has 0 radical (unpaired) electrons. The molecule has 0 saturated heterocycles. The standard InChI is InChI=1S/C16H21NO4/c1-11-8-13(4-5-15(18)19)10-14(9-11)16(20)17-12(2)6-7-21-3/h4-5,8-10,12H,6-7H2,1-3H3,(H,17,20)(H,18,19)/b5-4+. The Balaban J connectivity index is 2.82. The van der Waals surface area contributed by atoms with Gasteiger partial charge in [-0.05, 0) is 49.6 Å². The van der Waals surface area contributed by atoms with Gasteiger partial charge in [0.1, 0.15) is 0 Å². The van der Waals surface area contributed by atoms with E-state index in [4.69, 9.17) is 9.84 Å². The highest BCUT2D eigenvalue weighted by Gasteiger charge is 2.10. The Labute approximate surface area is 124 Å². The first-order valence-electron chi connectivity index (χ1n) is 6.75. The maximum Gasteiger partial charge on any atom is 0.328 e. The molecule has 1 aromatic rings. The molecule has 21 heavy (non-hydrogen) atoms. The van der Waals surface area contributed by atoms with Gasteiger partial charge in [-0.15, -0.1) is 0 Å².